The first kappa shape index (κ1) is 16.7. The van der Waals surface area contributed by atoms with Crippen molar-refractivity contribution in [3.05, 3.63) is 60.2 Å². The maximum atomic E-state index is 13.0. The van der Waals surface area contributed by atoms with Gasteiger partial charge in [0.15, 0.2) is 0 Å². The molecule has 26 heavy (non-hydrogen) atoms. The van der Waals surface area contributed by atoms with Crippen LogP contribution < -0.4 is 0 Å². The maximum Gasteiger partial charge on any atom is 0.291 e. The molecule has 1 atom stereocenters. The largest absolute Gasteiger partial charge is 0.342 e. The Morgan fingerprint density at radius 1 is 1.04 bits per heavy atom. The lowest BCUT2D eigenvalue weighted by molar-refractivity contribution is -0.135. The summed E-state index contributed by atoms with van der Waals surface area (Å²) in [5.41, 5.74) is 0.826. The molecule has 2 saturated heterocycles. The molecule has 0 bridgehead atoms. The fraction of sp³-hybridized carbons (Fsp3) is 0.400. The lowest BCUT2D eigenvalue weighted by Gasteiger charge is -2.23. The molecule has 1 aromatic heterocycles. The summed E-state index contributed by atoms with van der Waals surface area (Å²) in [7, 11) is 0. The van der Waals surface area contributed by atoms with Gasteiger partial charge in [0.25, 0.3) is 5.91 Å². The highest BCUT2D eigenvalue weighted by molar-refractivity contribution is 5.92. The van der Waals surface area contributed by atoms with Gasteiger partial charge in [0.1, 0.15) is 0 Å². The SMILES string of the molecule is O=C(c1ncccn1)N1CCC2(CCN(CCc3ccccc3)C2=O)C1. The Morgan fingerprint density at radius 3 is 2.54 bits per heavy atom. The Hall–Kier alpha value is -2.76. The first-order valence-corrected chi connectivity index (χ1v) is 9.08. The molecule has 2 fully saturated rings. The number of nitrogens with zero attached hydrogens (tertiary/aromatic N) is 4. The number of carbonyl (C=O) groups is 2. The van der Waals surface area contributed by atoms with E-state index in [1.807, 2.05) is 23.1 Å². The molecular formula is C20H22N4O2. The minimum absolute atomic E-state index is 0.182. The van der Waals surface area contributed by atoms with Crippen molar-refractivity contribution < 1.29 is 9.59 Å². The highest BCUT2D eigenvalue weighted by Gasteiger charge is 2.51. The van der Waals surface area contributed by atoms with E-state index in [4.69, 9.17) is 0 Å². The Kier molecular flexibility index (Phi) is 4.41. The first-order valence-electron chi connectivity index (χ1n) is 9.08. The van der Waals surface area contributed by atoms with Crippen LogP contribution in [-0.2, 0) is 11.2 Å². The molecule has 0 aliphatic carbocycles. The zero-order valence-electron chi connectivity index (χ0n) is 14.7. The Morgan fingerprint density at radius 2 is 1.77 bits per heavy atom. The summed E-state index contributed by atoms with van der Waals surface area (Å²) in [5.74, 6) is 0.214. The predicted molar refractivity (Wildman–Crippen MR) is 96.3 cm³/mol. The van der Waals surface area contributed by atoms with E-state index in [-0.39, 0.29) is 17.6 Å². The summed E-state index contributed by atoms with van der Waals surface area (Å²) >= 11 is 0. The van der Waals surface area contributed by atoms with Crippen molar-refractivity contribution >= 4 is 11.8 Å². The maximum absolute atomic E-state index is 13.0. The standard InChI is InChI=1S/C20H22N4O2/c25-18(17-21-10-4-11-22-17)24-14-9-20(15-24)8-13-23(19(20)26)12-7-16-5-2-1-3-6-16/h1-6,10-11H,7-9,12-15H2. The van der Waals surface area contributed by atoms with Crippen LogP contribution in [0.2, 0.25) is 0 Å². The van der Waals surface area contributed by atoms with Gasteiger partial charge in [-0.25, -0.2) is 9.97 Å². The van der Waals surface area contributed by atoms with Crippen molar-refractivity contribution in [2.75, 3.05) is 26.2 Å². The lowest BCUT2D eigenvalue weighted by Crippen LogP contribution is -2.39. The molecule has 0 saturated carbocycles. The number of benzene rings is 1. The van der Waals surface area contributed by atoms with E-state index in [0.717, 1.165) is 32.4 Å². The molecular weight excluding hydrogens is 328 g/mol. The van der Waals surface area contributed by atoms with Crippen LogP contribution in [-0.4, -0.2) is 57.8 Å². The quantitative estimate of drug-likeness (QED) is 0.843. The minimum atomic E-state index is -0.416. The molecule has 3 heterocycles. The predicted octanol–water partition coefficient (Wildman–Crippen LogP) is 1.78. The van der Waals surface area contributed by atoms with Crippen molar-refractivity contribution in [1.29, 1.82) is 0 Å². The van der Waals surface area contributed by atoms with Crippen molar-refractivity contribution in [2.24, 2.45) is 5.41 Å². The van der Waals surface area contributed by atoms with Gasteiger partial charge >= 0.3 is 0 Å². The molecule has 1 unspecified atom stereocenters. The van der Waals surface area contributed by atoms with Crippen LogP contribution in [0.1, 0.15) is 29.0 Å². The van der Waals surface area contributed by atoms with Crippen LogP contribution >= 0.6 is 0 Å². The van der Waals surface area contributed by atoms with Crippen molar-refractivity contribution in [2.45, 2.75) is 19.3 Å². The van der Waals surface area contributed by atoms with Gasteiger partial charge in [-0.2, -0.15) is 0 Å². The first-order chi connectivity index (χ1) is 12.7. The van der Waals surface area contributed by atoms with E-state index in [9.17, 15) is 9.59 Å². The monoisotopic (exact) mass is 350 g/mol. The topological polar surface area (TPSA) is 66.4 Å². The molecule has 2 aliphatic heterocycles. The third-order valence-corrected chi connectivity index (χ3v) is 5.51. The van der Waals surface area contributed by atoms with Crippen LogP contribution in [0, 0.1) is 5.41 Å². The van der Waals surface area contributed by atoms with E-state index in [1.54, 1.807) is 23.4 Å². The summed E-state index contributed by atoms with van der Waals surface area (Å²) in [6, 6.07) is 11.9. The fourth-order valence-electron chi connectivity index (χ4n) is 3.99. The molecule has 0 N–H and O–H groups in total. The number of carbonyl (C=O) groups excluding carboxylic acids is 2. The summed E-state index contributed by atoms with van der Waals surface area (Å²) in [5, 5.41) is 0. The average molecular weight is 350 g/mol. The number of rotatable bonds is 4. The highest BCUT2D eigenvalue weighted by Crippen LogP contribution is 2.41. The number of hydrogen-bond acceptors (Lipinski definition) is 4. The van der Waals surface area contributed by atoms with Gasteiger partial charge in [-0.1, -0.05) is 30.3 Å². The molecule has 4 rings (SSSR count). The van der Waals surface area contributed by atoms with Crippen molar-refractivity contribution in [1.82, 2.24) is 19.8 Å². The van der Waals surface area contributed by atoms with Gasteiger partial charge in [-0.15, -0.1) is 0 Å². The third-order valence-electron chi connectivity index (χ3n) is 5.51. The van der Waals surface area contributed by atoms with Gasteiger partial charge in [-0.05, 0) is 30.9 Å². The summed E-state index contributed by atoms with van der Waals surface area (Å²) in [4.78, 5) is 37.3. The van der Waals surface area contributed by atoms with Crippen LogP contribution in [0.4, 0.5) is 0 Å². The summed E-state index contributed by atoms with van der Waals surface area (Å²) in [6.45, 7) is 2.58. The van der Waals surface area contributed by atoms with Crippen LogP contribution in [0.15, 0.2) is 48.8 Å². The molecule has 2 amide bonds. The lowest BCUT2D eigenvalue weighted by atomic mass is 9.85. The van der Waals surface area contributed by atoms with E-state index in [0.29, 0.717) is 13.1 Å². The van der Waals surface area contributed by atoms with E-state index >= 15 is 0 Å². The smallest absolute Gasteiger partial charge is 0.291 e. The van der Waals surface area contributed by atoms with Crippen LogP contribution in [0.3, 0.4) is 0 Å². The molecule has 6 heteroatoms. The molecule has 2 aromatic rings. The zero-order chi connectivity index (χ0) is 18.0. The fourth-order valence-corrected chi connectivity index (χ4v) is 3.99. The van der Waals surface area contributed by atoms with E-state index < -0.39 is 5.41 Å². The Bertz CT molecular complexity index is 796. The number of amides is 2. The molecule has 6 nitrogen and oxygen atoms in total. The number of likely N-dealkylation sites (tertiary alicyclic amines) is 2. The highest BCUT2D eigenvalue weighted by atomic mass is 16.2. The second-order valence-electron chi connectivity index (χ2n) is 7.11. The second kappa shape index (κ2) is 6.86. The summed E-state index contributed by atoms with van der Waals surface area (Å²) in [6.07, 6.45) is 5.55. The Labute approximate surface area is 152 Å². The van der Waals surface area contributed by atoms with Crippen LogP contribution in [0.25, 0.3) is 0 Å². The number of hydrogen-bond donors (Lipinski definition) is 0. The van der Waals surface area contributed by atoms with Gasteiger partial charge in [-0.3, -0.25) is 9.59 Å². The molecule has 134 valence electrons. The average Bonchev–Trinajstić information content (AvgIpc) is 3.26. The van der Waals surface area contributed by atoms with E-state index in [1.165, 1.54) is 5.56 Å². The van der Waals surface area contributed by atoms with Gasteiger partial charge in [0, 0.05) is 38.6 Å². The van der Waals surface area contributed by atoms with E-state index in [2.05, 4.69) is 22.1 Å². The third kappa shape index (κ3) is 3.07. The number of aromatic nitrogens is 2. The normalized spacial score (nSPS) is 22.4. The second-order valence-corrected chi connectivity index (χ2v) is 7.11. The molecule has 1 aromatic carbocycles. The molecule has 1 spiro atoms. The van der Waals surface area contributed by atoms with Gasteiger partial charge in [0.05, 0.1) is 5.41 Å². The Balaban J connectivity index is 1.39. The molecule has 2 aliphatic rings. The summed E-state index contributed by atoms with van der Waals surface area (Å²) < 4.78 is 0. The zero-order valence-corrected chi connectivity index (χ0v) is 14.7. The van der Waals surface area contributed by atoms with Crippen LogP contribution in [0.5, 0.6) is 0 Å². The van der Waals surface area contributed by atoms with Gasteiger partial charge in [0.2, 0.25) is 11.7 Å². The van der Waals surface area contributed by atoms with Crippen molar-refractivity contribution in [3.63, 3.8) is 0 Å². The minimum Gasteiger partial charge on any atom is -0.342 e. The van der Waals surface area contributed by atoms with Crippen molar-refractivity contribution in [3.8, 4) is 0 Å². The van der Waals surface area contributed by atoms with Gasteiger partial charge < -0.3 is 9.80 Å². The molecule has 0 radical (unpaired) electrons.